The molecule has 15 heavy (non-hydrogen) atoms. The van der Waals surface area contributed by atoms with E-state index in [1.807, 2.05) is 38.1 Å². The van der Waals surface area contributed by atoms with Crippen LogP contribution in [0.1, 0.15) is 46.2 Å². The molecule has 0 aliphatic carbocycles. The van der Waals surface area contributed by atoms with Gasteiger partial charge in [-0.15, -0.1) is 0 Å². The summed E-state index contributed by atoms with van der Waals surface area (Å²) in [6.07, 6.45) is 0.332. The van der Waals surface area contributed by atoms with Crippen molar-refractivity contribution in [3.05, 3.63) is 35.4 Å². The van der Waals surface area contributed by atoms with Crippen molar-refractivity contribution in [3.63, 3.8) is 0 Å². The van der Waals surface area contributed by atoms with Crippen LogP contribution >= 0.6 is 0 Å². The smallest absolute Gasteiger partial charge is 0.221 e. The number of carbonyl (C=O) groups is 1. The highest BCUT2D eigenvalue weighted by molar-refractivity contribution is 5.76. The summed E-state index contributed by atoms with van der Waals surface area (Å²) in [5.74, 6) is 0.250. The van der Waals surface area contributed by atoms with Crippen molar-refractivity contribution >= 4 is 5.91 Å². The first-order chi connectivity index (χ1) is 7.09. The zero-order valence-corrected chi connectivity index (χ0v) is 10.1. The maximum Gasteiger partial charge on any atom is 0.221 e. The number of hydrogen-bond acceptors (Lipinski definition) is 1. The van der Waals surface area contributed by atoms with Crippen LogP contribution in [-0.4, -0.2) is 5.91 Å². The third-order valence-corrected chi connectivity index (χ3v) is 2.02. The summed E-state index contributed by atoms with van der Waals surface area (Å²) in [6.45, 7) is 8.28. The normalized spacial score (nSPS) is 9.40. The quantitative estimate of drug-likeness (QED) is 0.816. The Balaban J connectivity index is 0. The lowest BCUT2D eigenvalue weighted by atomic mass is 10.0. The van der Waals surface area contributed by atoms with Crippen molar-refractivity contribution in [1.82, 2.24) is 0 Å². The number of primary amides is 1. The second-order valence-corrected chi connectivity index (χ2v) is 3.54. The topological polar surface area (TPSA) is 43.1 Å². The summed E-state index contributed by atoms with van der Waals surface area (Å²) < 4.78 is 0. The molecule has 0 radical (unpaired) electrons. The summed E-state index contributed by atoms with van der Waals surface area (Å²) in [4.78, 5) is 10.6. The number of amides is 1. The van der Waals surface area contributed by atoms with Crippen molar-refractivity contribution < 1.29 is 6.22 Å². The predicted molar refractivity (Wildman–Crippen MR) is 66.9 cm³/mol. The molecule has 0 saturated carbocycles. The van der Waals surface area contributed by atoms with Gasteiger partial charge in [-0.25, -0.2) is 0 Å². The van der Waals surface area contributed by atoms with Crippen molar-refractivity contribution in [2.45, 2.75) is 40.0 Å². The van der Waals surface area contributed by atoms with Gasteiger partial charge in [-0.3, -0.25) is 4.79 Å². The molecule has 1 amide bonds. The molecule has 0 saturated heterocycles. The van der Waals surface area contributed by atoms with Gasteiger partial charge in [0.15, 0.2) is 0 Å². The van der Waals surface area contributed by atoms with Crippen LogP contribution in [0.2, 0.25) is 0 Å². The molecular formula is C13H23NO. The van der Waals surface area contributed by atoms with Crippen LogP contribution in [0.25, 0.3) is 0 Å². The van der Waals surface area contributed by atoms with Crippen molar-refractivity contribution in [2.75, 3.05) is 0 Å². The molecule has 0 aliphatic rings. The molecule has 0 heterocycles. The molecule has 2 N–H and O–H groups in total. The van der Waals surface area contributed by atoms with Gasteiger partial charge < -0.3 is 5.73 Å². The SMILES string of the molecule is CC.CC(C)c1ccc(CC(N)=O)cc1.[HH]. The minimum Gasteiger partial charge on any atom is -0.369 e. The van der Waals surface area contributed by atoms with E-state index in [0.717, 1.165) is 5.56 Å². The molecule has 0 aromatic heterocycles. The molecule has 0 unspecified atom stereocenters. The van der Waals surface area contributed by atoms with Gasteiger partial charge >= 0.3 is 0 Å². The highest BCUT2D eigenvalue weighted by Crippen LogP contribution is 2.14. The first-order valence-electron chi connectivity index (χ1n) is 5.46. The zero-order valence-electron chi connectivity index (χ0n) is 10.1. The fourth-order valence-corrected chi connectivity index (χ4v) is 1.22. The molecule has 0 atom stereocenters. The third kappa shape index (κ3) is 5.21. The van der Waals surface area contributed by atoms with Crippen LogP contribution in [0, 0.1) is 0 Å². The Bertz CT molecular complexity index is 293. The van der Waals surface area contributed by atoms with E-state index in [4.69, 9.17) is 5.73 Å². The standard InChI is InChI=1S/C11H15NO.C2H6.H2/c1-8(2)10-5-3-9(4-6-10)7-11(12)13;1-2;/h3-6,8H,7H2,1-2H3,(H2,12,13);1-2H3;1H. The van der Waals surface area contributed by atoms with E-state index in [9.17, 15) is 4.79 Å². The van der Waals surface area contributed by atoms with E-state index in [1.54, 1.807) is 0 Å². The minimum absolute atomic E-state index is 0. The second kappa shape index (κ2) is 7.04. The molecule has 1 aromatic rings. The molecule has 2 heteroatoms. The maximum absolute atomic E-state index is 10.6. The summed E-state index contributed by atoms with van der Waals surface area (Å²) in [5, 5.41) is 0. The molecule has 0 aliphatic heterocycles. The monoisotopic (exact) mass is 209 g/mol. The van der Waals surface area contributed by atoms with Crippen LogP contribution in [0.3, 0.4) is 0 Å². The van der Waals surface area contributed by atoms with Crippen LogP contribution in [0.15, 0.2) is 24.3 Å². The molecule has 1 rings (SSSR count). The lowest BCUT2D eigenvalue weighted by Gasteiger charge is -2.05. The van der Waals surface area contributed by atoms with Crippen LogP contribution in [-0.2, 0) is 11.2 Å². The fourth-order valence-electron chi connectivity index (χ4n) is 1.22. The molecule has 0 bridgehead atoms. The first kappa shape index (κ1) is 13.7. The zero-order chi connectivity index (χ0) is 11.8. The number of benzene rings is 1. The molecule has 0 spiro atoms. The van der Waals surface area contributed by atoms with E-state index in [2.05, 4.69) is 13.8 Å². The largest absolute Gasteiger partial charge is 0.369 e. The second-order valence-electron chi connectivity index (χ2n) is 3.54. The minimum atomic E-state index is -0.280. The summed E-state index contributed by atoms with van der Waals surface area (Å²) in [6, 6.07) is 8.01. The van der Waals surface area contributed by atoms with Gasteiger partial charge in [0.2, 0.25) is 5.91 Å². The summed E-state index contributed by atoms with van der Waals surface area (Å²) >= 11 is 0. The Labute approximate surface area is 94.0 Å². The number of carbonyl (C=O) groups excluding carboxylic acids is 1. The van der Waals surface area contributed by atoms with Crippen LogP contribution < -0.4 is 5.73 Å². The van der Waals surface area contributed by atoms with Gasteiger partial charge in [-0.1, -0.05) is 52.0 Å². The Morgan fingerprint density at radius 1 is 1.27 bits per heavy atom. The van der Waals surface area contributed by atoms with Crippen molar-refractivity contribution in [2.24, 2.45) is 5.73 Å². The molecular weight excluding hydrogens is 186 g/mol. The maximum atomic E-state index is 10.6. The predicted octanol–water partition coefficient (Wildman–Crippen LogP) is 3.11. The number of rotatable bonds is 3. The Morgan fingerprint density at radius 3 is 2.07 bits per heavy atom. The molecule has 1 aromatic carbocycles. The lowest BCUT2D eigenvalue weighted by molar-refractivity contribution is -0.117. The fraction of sp³-hybridized carbons (Fsp3) is 0.462. The number of hydrogen-bond donors (Lipinski definition) is 1. The molecule has 86 valence electrons. The number of nitrogens with two attached hydrogens (primary N) is 1. The summed E-state index contributed by atoms with van der Waals surface area (Å²) in [5.41, 5.74) is 7.35. The van der Waals surface area contributed by atoms with Crippen LogP contribution in [0.5, 0.6) is 0 Å². The van der Waals surface area contributed by atoms with Gasteiger partial charge in [0.05, 0.1) is 6.42 Å². The van der Waals surface area contributed by atoms with Gasteiger partial charge in [0, 0.05) is 1.43 Å². The average Bonchev–Trinajstić information content (AvgIpc) is 2.20. The highest BCUT2D eigenvalue weighted by atomic mass is 16.1. The van der Waals surface area contributed by atoms with E-state index in [-0.39, 0.29) is 7.33 Å². The van der Waals surface area contributed by atoms with Gasteiger partial charge in [0.25, 0.3) is 0 Å². The Hall–Kier alpha value is -1.31. The Kier molecular flexibility index (Phi) is 6.43. The van der Waals surface area contributed by atoms with E-state index < -0.39 is 0 Å². The first-order valence-corrected chi connectivity index (χ1v) is 5.46. The van der Waals surface area contributed by atoms with Gasteiger partial charge in [-0.2, -0.15) is 0 Å². The van der Waals surface area contributed by atoms with Crippen molar-refractivity contribution in [3.8, 4) is 0 Å². The van der Waals surface area contributed by atoms with Gasteiger partial charge in [0.1, 0.15) is 0 Å². The van der Waals surface area contributed by atoms with E-state index >= 15 is 0 Å². The third-order valence-electron chi connectivity index (χ3n) is 2.02. The van der Waals surface area contributed by atoms with E-state index in [1.165, 1.54) is 5.56 Å². The van der Waals surface area contributed by atoms with Gasteiger partial charge in [-0.05, 0) is 17.0 Å². The highest BCUT2D eigenvalue weighted by Gasteiger charge is 2.00. The van der Waals surface area contributed by atoms with Crippen molar-refractivity contribution in [1.29, 1.82) is 0 Å². The molecule has 0 fully saturated rings. The lowest BCUT2D eigenvalue weighted by Crippen LogP contribution is -2.13. The Morgan fingerprint density at radius 2 is 1.73 bits per heavy atom. The van der Waals surface area contributed by atoms with Crippen LogP contribution in [0.4, 0.5) is 0 Å². The average molecular weight is 209 g/mol. The summed E-state index contributed by atoms with van der Waals surface area (Å²) in [7, 11) is 0. The van der Waals surface area contributed by atoms with E-state index in [0.29, 0.717) is 12.3 Å². The molecule has 2 nitrogen and oxygen atoms in total.